The van der Waals surface area contributed by atoms with Gasteiger partial charge in [0.25, 0.3) is 5.91 Å². The number of benzene rings is 2. The highest BCUT2D eigenvalue weighted by molar-refractivity contribution is 6.00. The molecule has 1 aromatic heterocycles. The van der Waals surface area contributed by atoms with E-state index in [4.69, 9.17) is 4.42 Å². The van der Waals surface area contributed by atoms with Crippen molar-refractivity contribution >= 4 is 18.5 Å². The van der Waals surface area contributed by atoms with Crippen LogP contribution in [0.1, 0.15) is 46.5 Å². The number of alkyl halides is 3. The van der Waals surface area contributed by atoms with Crippen LogP contribution in [0.5, 0.6) is 5.75 Å². The van der Waals surface area contributed by atoms with Gasteiger partial charge in [-0.1, -0.05) is 12.1 Å². The van der Waals surface area contributed by atoms with Gasteiger partial charge < -0.3 is 23.6 Å². The number of aldehydes is 2. The molecule has 1 amide bonds. The van der Waals surface area contributed by atoms with Gasteiger partial charge in [-0.05, 0) is 60.7 Å². The van der Waals surface area contributed by atoms with E-state index in [1.807, 2.05) is 12.1 Å². The summed E-state index contributed by atoms with van der Waals surface area (Å²) >= 11 is 0. The summed E-state index contributed by atoms with van der Waals surface area (Å²) in [6, 6.07) is 10.1. The van der Waals surface area contributed by atoms with Crippen molar-refractivity contribution in [3.63, 3.8) is 0 Å². The van der Waals surface area contributed by atoms with Gasteiger partial charge in [0, 0.05) is 30.5 Å². The van der Waals surface area contributed by atoms with Crippen molar-refractivity contribution in [1.29, 1.82) is 0 Å². The fourth-order valence-electron chi connectivity index (χ4n) is 4.27. The molecule has 188 valence electrons. The first-order valence-electron chi connectivity index (χ1n) is 11.4. The van der Waals surface area contributed by atoms with Gasteiger partial charge in [0.2, 0.25) is 5.89 Å². The summed E-state index contributed by atoms with van der Waals surface area (Å²) in [7, 11) is 0. The molecular formula is C26H23F3N2O5. The minimum atomic E-state index is -4.76. The maximum Gasteiger partial charge on any atom is 0.573 e. The molecule has 0 N–H and O–H groups in total. The number of ether oxygens (including phenoxy) is 1. The second kappa shape index (κ2) is 10.8. The molecule has 2 heterocycles. The van der Waals surface area contributed by atoms with E-state index < -0.39 is 12.4 Å². The summed E-state index contributed by atoms with van der Waals surface area (Å²) in [5.41, 5.74) is 2.99. The molecule has 1 aliphatic heterocycles. The number of aryl methyl sites for hydroxylation is 2. The maximum atomic E-state index is 12.8. The number of hydrogen-bond acceptors (Lipinski definition) is 6. The van der Waals surface area contributed by atoms with E-state index in [1.165, 1.54) is 29.2 Å². The van der Waals surface area contributed by atoms with E-state index >= 15 is 0 Å². The lowest BCUT2D eigenvalue weighted by Crippen LogP contribution is -2.36. The quantitative estimate of drug-likeness (QED) is 0.347. The Labute approximate surface area is 204 Å². The van der Waals surface area contributed by atoms with Crippen LogP contribution in [0.4, 0.5) is 13.2 Å². The SMILES string of the molecule is O=CCCC(C=O)N1Cc2c(CCCc3cnc(-c4ccc(OC(F)(F)F)cc4)o3)cccc2C1=O. The normalized spacial score (nSPS) is 14.0. The summed E-state index contributed by atoms with van der Waals surface area (Å²) in [4.78, 5) is 40.8. The van der Waals surface area contributed by atoms with Crippen LogP contribution in [0.15, 0.2) is 53.1 Å². The molecule has 10 heteroatoms. The van der Waals surface area contributed by atoms with Gasteiger partial charge >= 0.3 is 6.36 Å². The molecule has 1 unspecified atom stereocenters. The second-order valence-electron chi connectivity index (χ2n) is 8.38. The van der Waals surface area contributed by atoms with E-state index in [0.717, 1.165) is 17.4 Å². The lowest BCUT2D eigenvalue weighted by atomic mass is 9.98. The molecule has 7 nitrogen and oxygen atoms in total. The van der Waals surface area contributed by atoms with Crippen molar-refractivity contribution in [3.05, 3.63) is 71.1 Å². The lowest BCUT2D eigenvalue weighted by Gasteiger charge is -2.22. The number of rotatable bonds is 11. The average Bonchev–Trinajstić information content (AvgIpc) is 3.45. The molecule has 4 rings (SSSR count). The van der Waals surface area contributed by atoms with Crippen LogP contribution in [-0.4, -0.2) is 40.8 Å². The Kier molecular flexibility index (Phi) is 7.52. The highest BCUT2D eigenvalue weighted by atomic mass is 19.4. The molecule has 0 fully saturated rings. The zero-order chi connectivity index (χ0) is 25.7. The minimum absolute atomic E-state index is 0.207. The van der Waals surface area contributed by atoms with Crippen LogP contribution in [0.3, 0.4) is 0 Å². The van der Waals surface area contributed by atoms with Crippen LogP contribution >= 0.6 is 0 Å². The topological polar surface area (TPSA) is 89.7 Å². The third-order valence-corrected chi connectivity index (χ3v) is 5.99. The molecule has 1 atom stereocenters. The number of halogens is 3. The monoisotopic (exact) mass is 500 g/mol. The van der Waals surface area contributed by atoms with E-state index in [-0.39, 0.29) is 18.1 Å². The minimum Gasteiger partial charge on any atom is -0.441 e. The molecule has 36 heavy (non-hydrogen) atoms. The Morgan fingerprint density at radius 2 is 1.89 bits per heavy atom. The van der Waals surface area contributed by atoms with Crippen LogP contribution in [-0.2, 0) is 29.0 Å². The molecular weight excluding hydrogens is 477 g/mol. The lowest BCUT2D eigenvalue weighted by molar-refractivity contribution is -0.274. The molecule has 0 spiro atoms. The molecule has 0 aliphatic carbocycles. The molecule has 2 aromatic carbocycles. The van der Waals surface area contributed by atoms with Gasteiger partial charge in [0.05, 0.1) is 12.2 Å². The van der Waals surface area contributed by atoms with Crippen LogP contribution in [0.2, 0.25) is 0 Å². The summed E-state index contributed by atoms with van der Waals surface area (Å²) in [5.74, 6) is 0.386. The number of carbonyl (C=O) groups excluding carboxylic acids is 3. The van der Waals surface area contributed by atoms with Crippen LogP contribution in [0, 0.1) is 0 Å². The van der Waals surface area contributed by atoms with Crippen molar-refractivity contribution in [3.8, 4) is 17.2 Å². The van der Waals surface area contributed by atoms with Crippen molar-refractivity contribution in [2.45, 2.75) is 51.1 Å². The predicted octanol–water partition coefficient (Wildman–Crippen LogP) is 4.92. The Morgan fingerprint density at radius 3 is 2.58 bits per heavy atom. The van der Waals surface area contributed by atoms with Gasteiger partial charge in [0.15, 0.2) is 0 Å². The summed E-state index contributed by atoms with van der Waals surface area (Å²) in [6.07, 6.45) is 0.735. The Bertz CT molecular complexity index is 1240. The maximum absolute atomic E-state index is 12.8. The van der Waals surface area contributed by atoms with Crippen LogP contribution in [0.25, 0.3) is 11.5 Å². The van der Waals surface area contributed by atoms with Gasteiger partial charge in [-0.25, -0.2) is 4.98 Å². The second-order valence-corrected chi connectivity index (χ2v) is 8.38. The molecule has 0 saturated carbocycles. The number of amides is 1. The fourth-order valence-corrected chi connectivity index (χ4v) is 4.27. The molecule has 0 saturated heterocycles. The predicted molar refractivity (Wildman–Crippen MR) is 122 cm³/mol. The number of hydrogen-bond donors (Lipinski definition) is 0. The first kappa shape index (κ1) is 25.2. The third kappa shape index (κ3) is 5.81. The smallest absolute Gasteiger partial charge is 0.441 e. The number of fused-ring (bicyclic) bond motifs is 1. The number of aromatic nitrogens is 1. The van der Waals surface area contributed by atoms with Gasteiger partial charge in [-0.15, -0.1) is 13.2 Å². The third-order valence-electron chi connectivity index (χ3n) is 5.99. The first-order chi connectivity index (χ1) is 17.3. The Morgan fingerprint density at radius 1 is 1.11 bits per heavy atom. The highest BCUT2D eigenvalue weighted by Crippen LogP contribution is 2.30. The molecule has 0 radical (unpaired) electrons. The van der Waals surface area contributed by atoms with Crippen molar-refractivity contribution in [2.75, 3.05) is 0 Å². The fraction of sp³-hybridized carbons (Fsp3) is 0.308. The van der Waals surface area contributed by atoms with E-state index in [2.05, 4.69) is 9.72 Å². The zero-order valence-electron chi connectivity index (χ0n) is 19.2. The number of oxazole rings is 1. The largest absolute Gasteiger partial charge is 0.573 e. The number of nitrogens with zero attached hydrogens (tertiary/aromatic N) is 2. The summed E-state index contributed by atoms with van der Waals surface area (Å²) < 4.78 is 46.6. The standard InChI is InChI=1S/C26H23F3N2O5/c27-26(28,29)36-20-11-9-18(10-12-20)24-30-14-21(35-24)7-1-4-17-5-2-8-22-23(17)15-31(25(22)34)19(16-33)6-3-13-32/h2,5,8-14,16,19H,1,3-4,6-7,15H2. The molecule has 1 aliphatic rings. The summed E-state index contributed by atoms with van der Waals surface area (Å²) in [5, 5.41) is 0. The van der Waals surface area contributed by atoms with Crippen LogP contribution < -0.4 is 4.74 Å². The summed E-state index contributed by atoms with van der Waals surface area (Å²) in [6.45, 7) is 0.326. The zero-order valence-corrected chi connectivity index (χ0v) is 19.2. The van der Waals surface area contributed by atoms with E-state index in [0.29, 0.717) is 61.3 Å². The van der Waals surface area contributed by atoms with Crippen molar-refractivity contribution < 1.29 is 36.7 Å². The Hall–Kier alpha value is -3.95. The van der Waals surface area contributed by atoms with Gasteiger partial charge in [0.1, 0.15) is 24.1 Å². The van der Waals surface area contributed by atoms with E-state index in [1.54, 1.807) is 12.3 Å². The van der Waals surface area contributed by atoms with Gasteiger partial charge in [-0.3, -0.25) is 4.79 Å². The highest BCUT2D eigenvalue weighted by Gasteiger charge is 2.33. The molecule has 0 bridgehead atoms. The molecule has 3 aromatic rings. The van der Waals surface area contributed by atoms with Crippen molar-refractivity contribution in [1.82, 2.24) is 9.88 Å². The van der Waals surface area contributed by atoms with Gasteiger partial charge in [-0.2, -0.15) is 0 Å². The Balaban J connectivity index is 1.37. The van der Waals surface area contributed by atoms with Crippen molar-refractivity contribution in [2.24, 2.45) is 0 Å². The van der Waals surface area contributed by atoms with E-state index in [9.17, 15) is 27.6 Å². The first-order valence-corrected chi connectivity index (χ1v) is 11.4. The average molecular weight is 500 g/mol. The number of carbonyl (C=O) groups is 3.